The van der Waals surface area contributed by atoms with Crippen molar-refractivity contribution in [2.24, 2.45) is 0 Å². The van der Waals surface area contributed by atoms with Crippen LogP contribution in [-0.2, 0) is 16.6 Å². The van der Waals surface area contributed by atoms with E-state index < -0.39 is 10.0 Å². The zero-order valence-corrected chi connectivity index (χ0v) is 13.6. The van der Waals surface area contributed by atoms with Gasteiger partial charge in [0.1, 0.15) is 5.52 Å². The summed E-state index contributed by atoms with van der Waals surface area (Å²) >= 11 is 0. The van der Waals surface area contributed by atoms with Gasteiger partial charge in [-0.15, -0.1) is 0 Å². The fraction of sp³-hybridized carbons (Fsp3) is 0.188. The van der Waals surface area contributed by atoms with E-state index in [2.05, 4.69) is 9.71 Å². The predicted octanol–water partition coefficient (Wildman–Crippen LogP) is 2.34. The van der Waals surface area contributed by atoms with E-state index in [4.69, 9.17) is 13.9 Å². The van der Waals surface area contributed by atoms with Crippen molar-refractivity contribution in [1.29, 1.82) is 0 Å². The summed E-state index contributed by atoms with van der Waals surface area (Å²) in [4.78, 5) is 4.34. The highest BCUT2D eigenvalue weighted by molar-refractivity contribution is 7.89. The highest BCUT2D eigenvalue weighted by Crippen LogP contribution is 2.33. The molecular weight excluding hydrogens is 332 g/mol. The fourth-order valence-electron chi connectivity index (χ4n) is 2.50. The van der Waals surface area contributed by atoms with Crippen molar-refractivity contribution in [1.82, 2.24) is 9.71 Å². The van der Waals surface area contributed by atoms with E-state index >= 15 is 0 Å². The van der Waals surface area contributed by atoms with E-state index in [0.29, 0.717) is 23.0 Å². The lowest BCUT2D eigenvalue weighted by molar-refractivity contribution is 0.174. The quantitative estimate of drug-likeness (QED) is 0.780. The molecule has 0 saturated heterocycles. The molecule has 0 atom stereocenters. The first kappa shape index (κ1) is 15.0. The van der Waals surface area contributed by atoms with Crippen LogP contribution in [0.2, 0.25) is 0 Å². The molecule has 2 aromatic carbocycles. The van der Waals surface area contributed by atoms with E-state index in [1.807, 2.05) is 6.07 Å². The number of hydrogen-bond acceptors (Lipinski definition) is 6. The molecule has 8 heteroatoms. The van der Waals surface area contributed by atoms with Gasteiger partial charge in [0.15, 0.2) is 23.0 Å². The summed E-state index contributed by atoms with van der Waals surface area (Å²) in [6.45, 7) is 2.01. The number of fused-ring (bicyclic) bond motifs is 2. The van der Waals surface area contributed by atoms with Crippen LogP contribution in [0.25, 0.3) is 11.1 Å². The Bertz CT molecular complexity index is 1030. The van der Waals surface area contributed by atoms with Crippen molar-refractivity contribution in [3.05, 3.63) is 47.9 Å². The summed E-state index contributed by atoms with van der Waals surface area (Å²) < 4.78 is 43.3. The Morgan fingerprint density at radius 3 is 2.83 bits per heavy atom. The second-order valence-corrected chi connectivity index (χ2v) is 7.14. The molecule has 124 valence electrons. The van der Waals surface area contributed by atoms with Gasteiger partial charge in [0.2, 0.25) is 16.8 Å². The molecule has 2 heterocycles. The molecule has 7 nitrogen and oxygen atoms in total. The number of oxazole rings is 1. The zero-order valence-electron chi connectivity index (χ0n) is 12.8. The molecule has 0 unspecified atom stereocenters. The summed E-state index contributed by atoms with van der Waals surface area (Å²) in [5, 5.41) is 0. The van der Waals surface area contributed by atoms with Crippen molar-refractivity contribution in [2.45, 2.75) is 18.4 Å². The van der Waals surface area contributed by atoms with Gasteiger partial charge in [-0.1, -0.05) is 6.07 Å². The molecule has 1 aliphatic rings. The van der Waals surface area contributed by atoms with Crippen molar-refractivity contribution in [3.63, 3.8) is 0 Å². The standard InChI is InChI=1S/C16H14N2O5S/c1-10-18-13-4-2-11(6-15(13)23-10)8-17-24(19,20)12-3-5-14-16(7-12)22-9-21-14/h2-7,17H,8-9H2,1H3. The number of aromatic nitrogens is 1. The van der Waals surface area contributed by atoms with E-state index in [0.717, 1.165) is 11.1 Å². The maximum Gasteiger partial charge on any atom is 0.241 e. The molecule has 3 aromatic rings. The smallest absolute Gasteiger partial charge is 0.241 e. The first-order valence-electron chi connectivity index (χ1n) is 7.27. The molecule has 1 N–H and O–H groups in total. The minimum absolute atomic E-state index is 0.100. The predicted molar refractivity (Wildman–Crippen MR) is 85.3 cm³/mol. The van der Waals surface area contributed by atoms with Crippen LogP contribution in [0.1, 0.15) is 11.5 Å². The van der Waals surface area contributed by atoms with Crippen LogP contribution in [0.5, 0.6) is 11.5 Å². The highest BCUT2D eigenvalue weighted by Gasteiger charge is 2.20. The van der Waals surface area contributed by atoms with Gasteiger partial charge in [-0.05, 0) is 29.8 Å². The number of aryl methyl sites for hydroxylation is 1. The van der Waals surface area contributed by atoms with Crippen molar-refractivity contribution >= 4 is 21.1 Å². The summed E-state index contributed by atoms with van der Waals surface area (Å²) in [5.41, 5.74) is 2.16. The number of ether oxygens (including phenoxy) is 2. The molecule has 1 aromatic heterocycles. The van der Waals surface area contributed by atoms with Gasteiger partial charge in [-0.2, -0.15) is 0 Å². The average Bonchev–Trinajstić information content (AvgIpc) is 3.16. The molecule has 0 aliphatic carbocycles. The molecule has 0 fully saturated rings. The molecule has 1 aliphatic heterocycles. The monoisotopic (exact) mass is 346 g/mol. The van der Waals surface area contributed by atoms with Gasteiger partial charge < -0.3 is 13.9 Å². The van der Waals surface area contributed by atoms with Gasteiger partial charge in [0, 0.05) is 19.5 Å². The van der Waals surface area contributed by atoms with Gasteiger partial charge in [0.25, 0.3) is 0 Å². The molecule has 0 spiro atoms. The number of nitrogens with one attached hydrogen (secondary N) is 1. The Kier molecular flexibility index (Phi) is 3.43. The zero-order chi connectivity index (χ0) is 16.7. The third-order valence-electron chi connectivity index (χ3n) is 3.68. The third kappa shape index (κ3) is 2.70. The highest BCUT2D eigenvalue weighted by atomic mass is 32.2. The fourth-order valence-corrected chi connectivity index (χ4v) is 3.53. The molecule has 0 amide bonds. The third-order valence-corrected chi connectivity index (χ3v) is 5.08. The number of nitrogens with zero attached hydrogens (tertiary/aromatic N) is 1. The van der Waals surface area contributed by atoms with Gasteiger partial charge >= 0.3 is 0 Å². The molecule has 4 rings (SSSR count). The van der Waals surface area contributed by atoms with Gasteiger partial charge in [-0.25, -0.2) is 18.1 Å². The van der Waals surface area contributed by atoms with Crippen LogP contribution in [0.4, 0.5) is 0 Å². The van der Waals surface area contributed by atoms with Crippen LogP contribution >= 0.6 is 0 Å². The normalized spacial score (nSPS) is 13.5. The van der Waals surface area contributed by atoms with Crippen molar-refractivity contribution in [2.75, 3.05) is 6.79 Å². The second kappa shape index (κ2) is 5.50. The van der Waals surface area contributed by atoms with Crippen LogP contribution in [0.3, 0.4) is 0 Å². The van der Waals surface area contributed by atoms with E-state index in [-0.39, 0.29) is 18.2 Å². The number of rotatable bonds is 4. The lowest BCUT2D eigenvalue weighted by Crippen LogP contribution is -2.23. The minimum atomic E-state index is -3.66. The number of benzene rings is 2. The first-order chi connectivity index (χ1) is 11.5. The summed E-state index contributed by atoms with van der Waals surface area (Å²) in [6.07, 6.45) is 0. The molecule has 0 saturated carbocycles. The van der Waals surface area contributed by atoms with Crippen molar-refractivity contribution < 1.29 is 22.3 Å². The Morgan fingerprint density at radius 1 is 1.12 bits per heavy atom. The Morgan fingerprint density at radius 2 is 1.96 bits per heavy atom. The average molecular weight is 346 g/mol. The lowest BCUT2D eigenvalue weighted by atomic mass is 10.2. The SMILES string of the molecule is Cc1nc2ccc(CNS(=O)(=O)c3ccc4c(c3)OCO4)cc2o1. The first-order valence-corrected chi connectivity index (χ1v) is 8.75. The molecule has 0 radical (unpaired) electrons. The Balaban J connectivity index is 1.54. The van der Waals surface area contributed by atoms with E-state index in [1.165, 1.54) is 12.1 Å². The molecule has 24 heavy (non-hydrogen) atoms. The van der Waals surface area contributed by atoms with Crippen LogP contribution in [-0.4, -0.2) is 20.2 Å². The molecular formula is C16H14N2O5S. The maximum atomic E-state index is 12.4. The molecule has 0 bridgehead atoms. The van der Waals surface area contributed by atoms with Crippen molar-refractivity contribution in [3.8, 4) is 11.5 Å². The summed E-state index contributed by atoms with van der Waals surface area (Å²) in [7, 11) is -3.66. The minimum Gasteiger partial charge on any atom is -0.454 e. The van der Waals surface area contributed by atoms with Crippen LogP contribution in [0.15, 0.2) is 45.7 Å². The maximum absolute atomic E-state index is 12.4. The van der Waals surface area contributed by atoms with Crippen LogP contribution in [0, 0.1) is 6.92 Å². The summed E-state index contributed by atoms with van der Waals surface area (Å²) in [5.74, 6) is 1.54. The van der Waals surface area contributed by atoms with E-state index in [1.54, 1.807) is 25.1 Å². The number of hydrogen-bond donors (Lipinski definition) is 1. The van der Waals surface area contributed by atoms with Crippen LogP contribution < -0.4 is 14.2 Å². The van der Waals surface area contributed by atoms with E-state index in [9.17, 15) is 8.42 Å². The Labute approximate surface area is 138 Å². The van der Waals surface area contributed by atoms with Gasteiger partial charge in [0.05, 0.1) is 4.90 Å². The second-order valence-electron chi connectivity index (χ2n) is 5.37. The van der Waals surface area contributed by atoms with Gasteiger partial charge in [-0.3, -0.25) is 0 Å². The summed E-state index contributed by atoms with van der Waals surface area (Å²) in [6, 6.07) is 9.91. The topological polar surface area (TPSA) is 90.7 Å². The Hall–Kier alpha value is -2.58. The lowest BCUT2D eigenvalue weighted by Gasteiger charge is -2.07. The largest absolute Gasteiger partial charge is 0.454 e. The number of sulfonamides is 1.